The van der Waals surface area contributed by atoms with Crippen molar-refractivity contribution in [2.45, 2.75) is 56.7 Å². The number of carbonyl (C=O) groups is 4. The van der Waals surface area contributed by atoms with Crippen LogP contribution in [0, 0.1) is 0 Å². The second-order valence-corrected chi connectivity index (χ2v) is 16.6. The van der Waals surface area contributed by atoms with Gasteiger partial charge < -0.3 is 30.0 Å². The number of hydrogen-bond donors (Lipinski definition) is 3. The minimum absolute atomic E-state index is 0.000514. The van der Waals surface area contributed by atoms with Gasteiger partial charge in [-0.15, -0.1) is 0 Å². The van der Waals surface area contributed by atoms with E-state index in [1.165, 1.54) is 11.7 Å². The molecule has 0 fully saturated rings. The summed E-state index contributed by atoms with van der Waals surface area (Å²) in [5.74, 6) is 0.196. The predicted octanol–water partition coefficient (Wildman–Crippen LogP) is 7.27. The van der Waals surface area contributed by atoms with E-state index in [2.05, 4.69) is 39.8 Å². The summed E-state index contributed by atoms with van der Waals surface area (Å²) in [6, 6.07) is 17.9. The van der Waals surface area contributed by atoms with Crippen LogP contribution in [-0.2, 0) is 23.1 Å². The number of para-hydroxylation sites is 1. The summed E-state index contributed by atoms with van der Waals surface area (Å²) in [5.41, 5.74) is 4.07. The number of aryl methyl sites for hydroxylation is 1. The van der Waals surface area contributed by atoms with E-state index in [9.17, 15) is 19.2 Å². The van der Waals surface area contributed by atoms with Crippen molar-refractivity contribution in [2.75, 3.05) is 40.8 Å². The maximum atomic E-state index is 13.6. The number of carbonyl (C=O) groups excluding carboxylic acids is 4. The highest BCUT2D eigenvalue weighted by Gasteiger charge is 2.36. The largest absolute Gasteiger partial charge is 0.493 e. The summed E-state index contributed by atoms with van der Waals surface area (Å²) in [7, 11) is 6.61. The number of imidazole rings is 1. The summed E-state index contributed by atoms with van der Waals surface area (Å²) in [4.78, 5) is 62.6. The maximum absolute atomic E-state index is 13.6. The molecule has 6 rings (SSSR count). The van der Waals surface area contributed by atoms with Crippen LogP contribution in [0.5, 0.6) is 11.5 Å². The van der Waals surface area contributed by atoms with E-state index >= 15 is 0 Å². The Balaban J connectivity index is 0.972. The summed E-state index contributed by atoms with van der Waals surface area (Å²) in [5, 5.41) is 8.44. The van der Waals surface area contributed by atoms with Crippen LogP contribution in [0.4, 0.5) is 28.6 Å². The molecule has 282 valence electrons. The first-order chi connectivity index (χ1) is 25.9. The van der Waals surface area contributed by atoms with Gasteiger partial charge in [-0.1, -0.05) is 39.8 Å². The quantitative estimate of drug-likeness (QED) is 0.0836. The number of fused-ring (bicyclic) bond motifs is 4. The van der Waals surface area contributed by atoms with Gasteiger partial charge in [0, 0.05) is 66.6 Å². The Bertz CT molecular complexity index is 2080. The third kappa shape index (κ3) is 9.08. The molecule has 2 aliphatic rings. The fraction of sp³-hybridized carbons (Fsp3) is 0.333. The van der Waals surface area contributed by atoms with E-state index in [4.69, 9.17) is 9.47 Å². The van der Waals surface area contributed by atoms with Gasteiger partial charge in [-0.05, 0) is 74.9 Å². The fourth-order valence-electron chi connectivity index (χ4n) is 6.28. The summed E-state index contributed by atoms with van der Waals surface area (Å²) in [6.45, 7) is 4.44. The standard InChI is InChI=1S/C39H43N7O6S2/c1-39(2,54-53-5)17-16-35(48)41-25-12-14-26(15-13-25)42-37(49)36-44-33(23-45(36)3)43-34(47)11-8-18-52-32-21-29-28(20-31(32)51-4)38(50)46-27(22-40-29)19-24-9-6-7-10-30(24)46/h6-7,9-10,12-15,20-23,27H,8,11,16-19H2,1-5H3,(H,41,48)(H,42,49)(H,43,47)/t27-/m0/s1. The molecule has 3 heterocycles. The second kappa shape index (κ2) is 16.8. The van der Waals surface area contributed by atoms with Crippen molar-refractivity contribution in [1.29, 1.82) is 0 Å². The molecular weight excluding hydrogens is 727 g/mol. The van der Waals surface area contributed by atoms with E-state index in [1.54, 1.807) is 82.3 Å². The first-order valence-corrected chi connectivity index (χ1v) is 20.1. The SMILES string of the molecule is COc1cc2c(cc1OCCCC(=O)Nc1cn(C)c(C(=O)Nc3ccc(NC(=O)CCC(C)(C)SSC)cc3)n1)N=C[C@@H]1Cc3ccccc3N1C2=O. The summed E-state index contributed by atoms with van der Waals surface area (Å²) in [6.07, 6.45) is 7.76. The first-order valence-electron chi connectivity index (χ1n) is 17.5. The Labute approximate surface area is 322 Å². The molecule has 0 radical (unpaired) electrons. The van der Waals surface area contributed by atoms with Gasteiger partial charge >= 0.3 is 0 Å². The predicted molar refractivity (Wildman–Crippen MR) is 216 cm³/mol. The van der Waals surface area contributed by atoms with Crippen molar-refractivity contribution in [1.82, 2.24) is 9.55 Å². The van der Waals surface area contributed by atoms with Crippen molar-refractivity contribution >= 4 is 80.0 Å². The number of benzene rings is 3. The monoisotopic (exact) mass is 769 g/mol. The van der Waals surface area contributed by atoms with Gasteiger partial charge in [-0.3, -0.25) is 29.1 Å². The van der Waals surface area contributed by atoms with Crippen molar-refractivity contribution in [3.63, 3.8) is 0 Å². The van der Waals surface area contributed by atoms with E-state index < -0.39 is 5.91 Å². The number of methoxy groups -OCH3 is 1. The van der Waals surface area contributed by atoms with Crippen LogP contribution >= 0.6 is 21.6 Å². The summed E-state index contributed by atoms with van der Waals surface area (Å²) >= 11 is 0. The van der Waals surface area contributed by atoms with Crippen molar-refractivity contribution in [2.24, 2.45) is 12.0 Å². The molecular formula is C39H43N7O6S2. The molecule has 4 aromatic rings. The van der Waals surface area contributed by atoms with Crippen molar-refractivity contribution in [3.8, 4) is 11.5 Å². The number of aromatic nitrogens is 2. The second-order valence-electron chi connectivity index (χ2n) is 13.5. The minimum Gasteiger partial charge on any atom is -0.493 e. The number of nitrogens with zero attached hydrogens (tertiary/aromatic N) is 4. The zero-order valence-electron chi connectivity index (χ0n) is 30.8. The smallest absolute Gasteiger partial charge is 0.291 e. The molecule has 0 saturated carbocycles. The zero-order valence-corrected chi connectivity index (χ0v) is 32.4. The van der Waals surface area contributed by atoms with E-state index in [0.717, 1.165) is 17.7 Å². The van der Waals surface area contributed by atoms with Crippen LogP contribution in [0.25, 0.3) is 0 Å². The van der Waals surface area contributed by atoms with Gasteiger partial charge in [0.25, 0.3) is 11.8 Å². The summed E-state index contributed by atoms with van der Waals surface area (Å²) < 4.78 is 13.1. The van der Waals surface area contributed by atoms with Gasteiger partial charge in [0.2, 0.25) is 17.6 Å². The van der Waals surface area contributed by atoms with Crippen molar-refractivity contribution < 1.29 is 28.7 Å². The number of ether oxygens (including phenoxy) is 2. The topological polar surface area (TPSA) is 156 Å². The molecule has 54 heavy (non-hydrogen) atoms. The molecule has 0 spiro atoms. The number of anilines is 4. The van der Waals surface area contributed by atoms with Crippen LogP contribution < -0.4 is 30.3 Å². The Hall–Kier alpha value is -5.28. The fourth-order valence-corrected chi connectivity index (χ4v) is 8.52. The maximum Gasteiger partial charge on any atom is 0.291 e. The number of amides is 4. The number of nitrogens with one attached hydrogen (secondary N) is 3. The number of hydrogen-bond acceptors (Lipinski definition) is 10. The van der Waals surface area contributed by atoms with Crippen LogP contribution in [0.3, 0.4) is 0 Å². The molecule has 3 N–H and O–H groups in total. The lowest BCUT2D eigenvalue weighted by atomic mass is 10.1. The third-order valence-electron chi connectivity index (χ3n) is 8.97. The lowest BCUT2D eigenvalue weighted by Crippen LogP contribution is -2.37. The minimum atomic E-state index is -0.456. The highest BCUT2D eigenvalue weighted by atomic mass is 33.1. The van der Waals surface area contributed by atoms with E-state index in [0.29, 0.717) is 53.4 Å². The Morgan fingerprint density at radius 2 is 1.69 bits per heavy atom. The van der Waals surface area contributed by atoms with Crippen LogP contribution in [-0.4, -0.2) is 70.2 Å². The molecule has 0 bridgehead atoms. The van der Waals surface area contributed by atoms with E-state index in [1.807, 2.05) is 30.5 Å². The highest BCUT2D eigenvalue weighted by molar-refractivity contribution is 8.76. The van der Waals surface area contributed by atoms with Crippen LogP contribution in [0.15, 0.2) is 71.9 Å². The Morgan fingerprint density at radius 1 is 0.963 bits per heavy atom. The molecule has 1 atom stereocenters. The lowest BCUT2D eigenvalue weighted by molar-refractivity contribution is -0.117. The molecule has 0 aliphatic carbocycles. The molecule has 1 aromatic heterocycles. The molecule has 15 heteroatoms. The first kappa shape index (κ1) is 38.4. The van der Waals surface area contributed by atoms with Gasteiger partial charge in [0.1, 0.15) is 0 Å². The molecule has 0 saturated heterocycles. The Morgan fingerprint density at radius 3 is 2.43 bits per heavy atom. The van der Waals surface area contributed by atoms with Gasteiger partial charge in [0.15, 0.2) is 17.3 Å². The molecule has 2 aliphatic heterocycles. The average Bonchev–Trinajstić information content (AvgIpc) is 3.67. The number of aliphatic imine (C=N–C) groups is 1. The van der Waals surface area contributed by atoms with Gasteiger partial charge in [0.05, 0.1) is 31.0 Å². The van der Waals surface area contributed by atoms with Crippen LogP contribution in [0.2, 0.25) is 0 Å². The molecule has 4 amide bonds. The van der Waals surface area contributed by atoms with Gasteiger partial charge in [-0.2, -0.15) is 0 Å². The lowest BCUT2D eigenvalue weighted by Gasteiger charge is -2.22. The third-order valence-corrected chi connectivity index (χ3v) is 11.6. The Kier molecular flexibility index (Phi) is 12.0. The highest BCUT2D eigenvalue weighted by Crippen LogP contribution is 2.41. The van der Waals surface area contributed by atoms with E-state index in [-0.39, 0.29) is 53.2 Å². The molecule has 13 nitrogen and oxygen atoms in total. The van der Waals surface area contributed by atoms with Crippen molar-refractivity contribution in [3.05, 3.63) is 83.8 Å². The van der Waals surface area contributed by atoms with Gasteiger partial charge in [-0.25, -0.2) is 4.98 Å². The molecule has 3 aromatic carbocycles. The average molecular weight is 770 g/mol. The zero-order chi connectivity index (χ0) is 38.4. The molecule has 0 unspecified atom stereocenters. The normalized spacial score (nSPS) is 14.4. The van der Waals surface area contributed by atoms with Crippen LogP contribution in [0.1, 0.15) is 66.1 Å². The number of rotatable bonds is 15.